The normalized spacial score (nSPS) is 19.0. The van der Waals surface area contributed by atoms with Gasteiger partial charge in [-0.2, -0.15) is 0 Å². The molecule has 0 spiro atoms. The fraction of sp³-hybridized carbons (Fsp3) is 0.500. The molecule has 1 fully saturated rings. The molecule has 24 heavy (non-hydrogen) atoms. The van der Waals surface area contributed by atoms with Crippen LogP contribution in [0.2, 0.25) is 5.02 Å². The van der Waals surface area contributed by atoms with Crippen LogP contribution in [-0.2, 0) is 0 Å². The molecule has 1 aromatic carbocycles. The van der Waals surface area contributed by atoms with Crippen molar-refractivity contribution in [1.82, 2.24) is 9.65 Å². The lowest BCUT2D eigenvalue weighted by molar-refractivity contribution is -0.0519. The summed E-state index contributed by atoms with van der Waals surface area (Å²) in [5.41, 5.74) is 0.457. The molecule has 2 rings (SSSR count). The Hall–Kier alpha value is -0.600. The lowest BCUT2D eigenvalue weighted by atomic mass is 10.1. The van der Waals surface area contributed by atoms with Crippen molar-refractivity contribution in [2.24, 2.45) is 5.92 Å². The van der Waals surface area contributed by atoms with Crippen molar-refractivity contribution >= 4 is 58.5 Å². The summed E-state index contributed by atoms with van der Waals surface area (Å²) in [4.78, 5) is 13.7. The summed E-state index contributed by atoms with van der Waals surface area (Å²) in [5.74, 6) is 0.403. The summed E-state index contributed by atoms with van der Waals surface area (Å²) in [5, 5.41) is 0.353. The van der Waals surface area contributed by atoms with Crippen LogP contribution in [0.1, 0.15) is 20.8 Å². The summed E-state index contributed by atoms with van der Waals surface area (Å²) in [6, 6.07) is 4.04. The number of rotatable bonds is 6. The highest BCUT2D eigenvalue weighted by molar-refractivity contribution is 8.00. The first-order valence-corrected chi connectivity index (χ1v) is 9.32. The second-order valence-electron chi connectivity index (χ2n) is 5.29. The summed E-state index contributed by atoms with van der Waals surface area (Å²) in [6.45, 7) is 6.04. The van der Waals surface area contributed by atoms with E-state index in [2.05, 4.69) is 0 Å². The molecule has 0 radical (unpaired) electrons. The zero-order valence-corrected chi connectivity index (χ0v) is 16.3. The molecule has 1 heterocycles. The third-order valence-corrected chi connectivity index (χ3v) is 4.81. The minimum atomic E-state index is -0.916. The number of carbonyl (C=O) groups excluding carboxylic acids is 1. The number of nitrogens with zero attached hydrogens (tertiary/aromatic N) is 3. The molecule has 10 heteroatoms. The van der Waals surface area contributed by atoms with Gasteiger partial charge in [0.2, 0.25) is 0 Å². The molecule has 1 saturated heterocycles. The number of ether oxygens (including phenoxy) is 1. The topological polar surface area (TPSA) is 36.0 Å². The highest BCUT2D eigenvalue weighted by Crippen LogP contribution is 2.41. The number of urea groups is 1. The molecule has 1 aliphatic rings. The van der Waals surface area contributed by atoms with Crippen LogP contribution in [-0.4, -0.2) is 32.6 Å². The Balaban J connectivity index is 2.39. The molecule has 1 unspecified atom stereocenters. The van der Waals surface area contributed by atoms with Gasteiger partial charge in [0, 0.05) is 5.69 Å². The smallest absolute Gasteiger partial charge is 0.370 e. The average molecular weight is 417 g/mol. The lowest BCUT2D eigenvalue weighted by Crippen LogP contribution is -2.41. The van der Waals surface area contributed by atoms with E-state index in [1.54, 1.807) is 18.2 Å². The maximum atomic E-state index is 14.4. The molecular formula is C14H17Cl3FN3O2S. The largest absolute Gasteiger partial charge is 0.492 e. The Labute approximate surface area is 159 Å². The molecule has 2 amide bonds. The zero-order chi connectivity index (χ0) is 18.0. The monoisotopic (exact) mass is 415 g/mol. The number of halogens is 4. The predicted molar refractivity (Wildman–Crippen MR) is 97.0 cm³/mol. The lowest BCUT2D eigenvalue weighted by Gasteiger charge is -2.30. The van der Waals surface area contributed by atoms with Crippen LogP contribution in [0, 0.1) is 5.92 Å². The van der Waals surface area contributed by atoms with Crippen molar-refractivity contribution in [3.63, 3.8) is 0 Å². The summed E-state index contributed by atoms with van der Waals surface area (Å²) in [7, 11) is 0. The molecule has 1 aromatic rings. The third-order valence-electron chi connectivity index (χ3n) is 3.31. The molecule has 1 aliphatic heterocycles. The highest BCUT2D eigenvalue weighted by atomic mass is 35.5. The van der Waals surface area contributed by atoms with E-state index in [1.165, 1.54) is 4.90 Å². The van der Waals surface area contributed by atoms with Crippen LogP contribution >= 0.6 is 46.8 Å². The van der Waals surface area contributed by atoms with Gasteiger partial charge in [-0.15, -0.1) is 4.41 Å². The van der Waals surface area contributed by atoms with E-state index in [9.17, 15) is 9.28 Å². The standard InChI is InChI=1S/C14H17Cl3FN3O2S/c1-4-23-11-6-5-9(7-10(11)15)19-12(8(2)3)21(24-13(16)17)20(18)14(19)22/h5-8,12-13H,4H2,1-3H3. The fourth-order valence-electron chi connectivity index (χ4n) is 2.40. The number of amides is 2. The molecule has 0 bridgehead atoms. The minimum absolute atomic E-state index is 0.0114. The molecular weight excluding hydrogens is 400 g/mol. The van der Waals surface area contributed by atoms with Crippen LogP contribution in [0.3, 0.4) is 0 Å². The van der Waals surface area contributed by atoms with E-state index in [-0.39, 0.29) is 11.1 Å². The zero-order valence-electron chi connectivity index (χ0n) is 13.2. The quantitative estimate of drug-likeness (QED) is 0.350. The number of hydrazine groups is 1. The SMILES string of the molecule is CCOc1ccc(N2C(=O)N(F)N(SC(Cl)Cl)C2C(C)C)cc1Cl. The molecule has 0 aromatic heterocycles. The first-order valence-electron chi connectivity index (χ1n) is 7.23. The molecule has 5 nitrogen and oxygen atoms in total. The van der Waals surface area contributed by atoms with Gasteiger partial charge in [-0.05, 0) is 43.0 Å². The number of benzene rings is 1. The molecule has 0 aliphatic carbocycles. The van der Waals surface area contributed by atoms with Gasteiger partial charge < -0.3 is 4.74 Å². The maximum Gasteiger partial charge on any atom is 0.370 e. The van der Waals surface area contributed by atoms with Gasteiger partial charge in [-0.3, -0.25) is 4.90 Å². The summed E-state index contributed by atoms with van der Waals surface area (Å²) < 4.78 is 20.0. The van der Waals surface area contributed by atoms with Crippen molar-refractivity contribution in [3.8, 4) is 5.75 Å². The average Bonchev–Trinajstić information content (AvgIpc) is 2.74. The number of anilines is 1. The van der Waals surface area contributed by atoms with Crippen LogP contribution in [0.25, 0.3) is 0 Å². The number of carbonyl (C=O) groups is 1. The second kappa shape index (κ2) is 8.19. The van der Waals surface area contributed by atoms with Gasteiger partial charge in [0.25, 0.3) is 0 Å². The van der Waals surface area contributed by atoms with E-state index in [0.29, 0.717) is 23.1 Å². The van der Waals surface area contributed by atoms with Gasteiger partial charge in [-0.1, -0.05) is 58.4 Å². The van der Waals surface area contributed by atoms with Crippen LogP contribution < -0.4 is 9.64 Å². The molecule has 0 N–H and O–H groups in total. The van der Waals surface area contributed by atoms with Crippen molar-refractivity contribution in [3.05, 3.63) is 23.2 Å². The van der Waals surface area contributed by atoms with Crippen LogP contribution in [0.4, 0.5) is 15.0 Å². The number of hydrogen-bond acceptors (Lipinski definition) is 4. The minimum Gasteiger partial charge on any atom is -0.492 e. The van der Waals surface area contributed by atoms with Crippen molar-refractivity contribution in [1.29, 1.82) is 0 Å². The summed E-state index contributed by atoms with van der Waals surface area (Å²) >= 11 is 18.5. The van der Waals surface area contributed by atoms with E-state index < -0.39 is 16.4 Å². The van der Waals surface area contributed by atoms with E-state index in [1.807, 2.05) is 20.8 Å². The Morgan fingerprint density at radius 2 is 2.04 bits per heavy atom. The van der Waals surface area contributed by atoms with Crippen LogP contribution in [0.5, 0.6) is 5.75 Å². The molecule has 1 atom stereocenters. The number of alkyl halides is 2. The van der Waals surface area contributed by atoms with E-state index in [0.717, 1.165) is 16.4 Å². The number of hydrogen-bond donors (Lipinski definition) is 0. The first-order chi connectivity index (χ1) is 11.3. The Morgan fingerprint density at radius 1 is 1.38 bits per heavy atom. The first kappa shape index (κ1) is 19.7. The molecule has 0 saturated carbocycles. The van der Waals surface area contributed by atoms with Crippen molar-refractivity contribution in [2.75, 3.05) is 11.5 Å². The van der Waals surface area contributed by atoms with E-state index >= 15 is 0 Å². The van der Waals surface area contributed by atoms with E-state index in [4.69, 9.17) is 39.5 Å². The Kier molecular flexibility index (Phi) is 6.73. The van der Waals surface area contributed by atoms with Gasteiger partial charge in [0.05, 0.1) is 11.6 Å². The predicted octanol–water partition coefficient (Wildman–Crippen LogP) is 5.47. The fourth-order valence-corrected chi connectivity index (χ4v) is 3.90. The van der Waals surface area contributed by atoms with Crippen molar-refractivity contribution in [2.45, 2.75) is 31.1 Å². The van der Waals surface area contributed by atoms with Gasteiger partial charge in [0.15, 0.2) is 4.17 Å². The third kappa shape index (κ3) is 3.96. The van der Waals surface area contributed by atoms with Gasteiger partial charge in [-0.25, -0.2) is 4.79 Å². The van der Waals surface area contributed by atoms with Gasteiger partial charge >= 0.3 is 6.03 Å². The molecule has 134 valence electrons. The van der Waals surface area contributed by atoms with Crippen molar-refractivity contribution < 1.29 is 14.0 Å². The summed E-state index contributed by atoms with van der Waals surface area (Å²) in [6.07, 6.45) is -0.610. The second-order valence-corrected chi connectivity index (χ2v) is 8.36. The highest BCUT2D eigenvalue weighted by Gasteiger charge is 2.48. The Morgan fingerprint density at radius 3 is 2.54 bits per heavy atom. The van der Waals surface area contributed by atoms with Gasteiger partial charge in [0.1, 0.15) is 11.9 Å². The maximum absolute atomic E-state index is 14.4. The van der Waals surface area contributed by atoms with Crippen LogP contribution in [0.15, 0.2) is 18.2 Å². The Bertz CT molecular complexity index is 609.